The van der Waals surface area contributed by atoms with Crippen molar-refractivity contribution in [2.75, 3.05) is 19.8 Å². The molecule has 0 radical (unpaired) electrons. The average molecular weight is 348 g/mol. The quantitative estimate of drug-likeness (QED) is 0.833. The number of ether oxygens (including phenoxy) is 2. The molecule has 1 N–H and O–H groups in total. The van der Waals surface area contributed by atoms with E-state index in [1.165, 1.54) is 12.1 Å². The topological polar surface area (TPSA) is 73.6 Å². The summed E-state index contributed by atoms with van der Waals surface area (Å²) in [4.78, 5) is 12.1. The van der Waals surface area contributed by atoms with Crippen LogP contribution in [0.1, 0.15) is 41.3 Å². The molecule has 134 valence electrons. The van der Waals surface area contributed by atoms with Crippen molar-refractivity contribution in [3.05, 3.63) is 53.2 Å². The highest BCUT2D eigenvalue weighted by Gasteiger charge is 2.20. The number of aromatic nitrogens is 1. The van der Waals surface area contributed by atoms with E-state index in [9.17, 15) is 9.18 Å². The Labute approximate surface area is 145 Å². The van der Waals surface area contributed by atoms with E-state index in [1.54, 1.807) is 25.1 Å². The summed E-state index contributed by atoms with van der Waals surface area (Å²) in [6.45, 7) is 4.01. The fraction of sp³-hybridized carbons (Fsp3) is 0.444. The smallest absolute Gasteiger partial charge is 0.273 e. The van der Waals surface area contributed by atoms with Gasteiger partial charge in [0.05, 0.1) is 13.2 Å². The number of carbonyl (C=O) groups excluding carboxylic acids is 1. The zero-order valence-electron chi connectivity index (χ0n) is 14.0. The predicted molar refractivity (Wildman–Crippen MR) is 87.4 cm³/mol. The molecule has 7 heteroatoms. The number of carbonyl (C=O) groups is 1. The van der Waals surface area contributed by atoms with E-state index in [2.05, 4.69) is 10.5 Å². The summed E-state index contributed by atoms with van der Waals surface area (Å²) in [5.41, 5.74) is 0.943. The van der Waals surface area contributed by atoms with E-state index in [0.717, 1.165) is 18.6 Å². The third-order valence-electron chi connectivity index (χ3n) is 4.13. The minimum Gasteiger partial charge on any atom is -0.381 e. The summed E-state index contributed by atoms with van der Waals surface area (Å²) in [5, 5.41) is 6.63. The van der Waals surface area contributed by atoms with Gasteiger partial charge in [-0.25, -0.2) is 4.39 Å². The first-order chi connectivity index (χ1) is 12.1. The van der Waals surface area contributed by atoms with E-state index >= 15 is 0 Å². The maximum Gasteiger partial charge on any atom is 0.273 e. The van der Waals surface area contributed by atoms with Crippen LogP contribution >= 0.6 is 0 Å². The second kappa shape index (κ2) is 8.22. The maximum absolute atomic E-state index is 13.2. The van der Waals surface area contributed by atoms with Crippen LogP contribution in [0.5, 0.6) is 0 Å². The van der Waals surface area contributed by atoms with Gasteiger partial charge in [0.15, 0.2) is 11.5 Å². The standard InChI is InChI=1S/C18H21FN2O4/c1-12(24-11-13-3-2-4-15(19)7-13)17-8-16(21-25-17)18(22)20-9-14-5-6-23-10-14/h2-4,7-8,12,14H,5-6,9-11H2,1H3,(H,20,22). The van der Waals surface area contributed by atoms with Crippen LogP contribution in [-0.2, 0) is 16.1 Å². The predicted octanol–water partition coefficient (Wildman–Crippen LogP) is 2.86. The first-order valence-electron chi connectivity index (χ1n) is 8.30. The van der Waals surface area contributed by atoms with Gasteiger partial charge in [0.1, 0.15) is 11.9 Å². The average Bonchev–Trinajstić information content (AvgIpc) is 3.29. The normalized spacial score (nSPS) is 18.2. The second-order valence-electron chi connectivity index (χ2n) is 6.14. The highest BCUT2D eigenvalue weighted by Crippen LogP contribution is 2.20. The third-order valence-corrected chi connectivity index (χ3v) is 4.13. The number of nitrogens with one attached hydrogen (secondary N) is 1. The van der Waals surface area contributed by atoms with Crippen molar-refractivity contribution in [1.82, 2.24) is 10.5 Å². The highest BCUT2D eigenvalue weighted by atomic mass is 19.1. The minimum atomic E-state index is -0.402. The number of halogens is 1. The van der Waals surface area contributed by atoms with Crippen molar-refractivity contribution in [3.8, 4) is 0 Å². The Balaban J connectivity index is 1.50. The number of nitrogens with zero attached hydrogens (tertiary/aromatic N) is 1. The summed E-state index contributed by atoms with van der Waals surface area (Å²) in [7, 11) is 0. The van der Waals surface area contributed by atoms with Crippen LogP contribution in [0.15, 0.2) is 34.9 Å². The van der Waals surface area contributed by atoms with Gasteiger partial charge in [-0.2, -0.15) is 0 Å². The minimum absolute atomic E-state index is 0.218. The van der Waals surface area contributed by atoms with Crippen molar-refractivity contribution in [1.29, 1.82) is 0 Å². The van der Waals surface area contributed by atoms with Crippen LogP contribution in [0.3, 0.4) is 0 Å². The molecule has 1 aromatic heterocycles. The van der Waals surface area contributed by atoms with Crippen molar-refractivity contribution < 1.29 is 23.2 Å². The van der Waals surface area contributed by atoms with Crippen LogP contribution in [0.25, 0.3) is 0 Å². The van der Waals surface area contributed by atoms with E-state index in [4.69, 9.17) is 14.0 Å². The molecular weight excluding hydrogens is 327 g/mol. The molecule has 25 heavy (non-hydrogen) atoms. The van der Waals surface area contributed by atoms with Gasteiger partial charge in [-0.1, -0.05) is 17.3 Å². The van der Waals surface area contributed by atoms with Gasteiger partial charge in [-0.15, -0.1) is 0 Å². The van der Waals surface area contributed by atoms with Crippen LogP contribution < -0.4 is 5.32 Å². The molecule has 1 saturated heterocycles. The van der Waals surface area contributed by atoms with Gasteiger partial charge in [0, 0.05) is 25.1 Å². The molecule has 6 nitrogen and oxygen atoms in total. The Morgan fingerprint density at radius 2 is 2.36 bits per heavy atom. The lowest BCUT2D eigenvalue weighted by molar-refractivity contribution is 0.0341. The van der Waals surface area contributed by atoms with E-state index in [1.807, 2.05) is 0 Å². The second-order valence-corrected chi connectivity index (χ2v) is 6.14. The van der Waals surface area contributed by atoms with E-state index in [-0.39, 0.29) is 24.0 Å². The molecule has 0 aliphatic carbocycles. The monoisotopic (exact) mass is 348 g/mol. The summed E-state index contributed by atoms with van der Waals surface area (Å²) >= 11 is 0. The van der Waals surface area contributed by atoms with Crippen LogP contribution in [0.4, 0.5) is 4.39 Å². The molecule has 2 atom stereocenters. The fourth-order valence-corrected chi connectivity index (χ4v) is 2.59. The highest BCUT2D eigenvalue weighted by molar-refractivity contribution is 5.92. The summed E-state index contributed by atoms with van der Waals surface area (Å²) in [6.07, 6.45) is 0.551. The van der Waals surface area contributed by atoms with E-state index < -0.39 is 6.10 Å². The molecule has 2 unspecified atom stereocenters. The molecule has 1 aliphatic rings. The third kappa shape index (κ3) is 4.87. The molecule has 2 heterocycles. The molecule has 1 aromatic carbocycles. The number of amides is 1. The molecule has 1 fully saturated rings. The molecular formula is C18H21FN2O4. The first kappa shape index (κ1) is 17.6. The Morgan fingerprint density at radius 1 is 1.48 bits per heavy atom. The van der Waals surface area contributed by atoms with Crippen molar-refractivity contribution in [2.24, 2.45) is 5.92 Å². The summed E-state index contributed by atoms with van der Waals surface area (Å²) < 4.78 is 29.3. The zero-order chi connectivity index (χ0) is 17.6. The maximum atomic E-state index is 13.2. The molecule has 0 bridgehead atoms. The molecule has 3 rings (SSSR count). The van der Waals surface area contributed by atoms with Crippen molar-refractivity contribution in [3.63, 3.8) is 0 Å². The summed E-state index contributed by atoms with van der Waals surface area (Å²) in [5.74, 6) is 0.217. The molecule has 0 spiro atoms. The van der Waals surface area contributed by atoms with Crippen LogP contribution in [-0.4, -0.2) is 30.8 Å². The number of rotatable bonds is 7. The van der Waals surface area contributed by atoms with Gasteiger partial charge in [-0.3, -0.25) is 4.79 Å². The first-order valence-corrected chi connectivity index (χ1v) is 8.30. The van der Waals surface area contributed by atoms with Crippen molar-refractivity contribution >= 4 is 5.91 Å². The lowest BCUT2D eigenvalue weighted by atomic mass is 10.1. The van der Waals surface area contributed by atoms with Crippen LogP contribution in [0, 0.1) is 11.7 Å². The zero-order valence-corrected chi connectivity index (χ0v) is 14.0. The molecule has 1 amide bonds. The van der Waals surface area contributed by atoms with Gasteiger partial charge in [-0.05, 0) is 31.0 Å². The number of hydrogen-bond donors (Lipinski definition) is 1. The van der Waals surface area contributed by atoms with Gasteiger partial charge in [0.25, 0.3) is 5.91 Å². The SMILES string of the molecule is CC(OCc1cccc(F)c1)c1cc(C(=O)NCC2CCOC2)no1. The fourth-order valence-electron chi connectivity index (χ4n) is 2.59. The lowest BCUT2D eigenvalue weighted by Gasteiger charge is -2.09. The van der Waals surface area contributed by atoms with E-state index in [0.29, 0.717) is 24.8 Å². The van der Waals surface area contributed by atoms with Gasteiger partial charge >= 0.3 is 0 Å². The molecule has 1 aliphatic heterocycles. The lowest BCUT2D eigenvalue weighted by Crippen LogP contribution is -2.29. The molecule has 0 saturated carbocycles. The summed E-state index contributed by atoms with van der Waals surface area (Å²) in [6, 6.07) is 7.77. The number of hydrogen-bond acceptors (Lipinski definition) is 5. The van der Waals surface area contributed by atoms with Crippen LogP contribution in [0.2, 0.25) is 0 Å². The van der Waals surface area contributed by atoms with Gasteiger partial charge in [0.2, 0.25) is 0 Å². The van der Waals surface area contributed by atoms with Gasteiger partial charge < -0.3 is 19.3 Å². The van der Waals surface area contributed by atoms with Crippen molar-refractivity contribution in [2.45, 2.75) is 26.1 Å². The Kier molecular flexibility index (Phi) is 5.78. The molecule has 2 aromatic rings. The largest absolute Gasteiger partial charge is 0.381 e. The Bertz CT molecular complexity index is 713. The Morgan fingerprint density at radius 3 is 3.12 bits per heavy atom. The Hall–Kier alpha value is -2.25. The number of benzene rings is 1.